The third-order valence-corrected chi connectivity index (χ3v) is 5.77. The molecule has 0 atom stereocenters. The van der Waals surface area contributed by atoms with Crippen LogP contribution in [0, 0.1) is 19.8 Å². The van der Waals surface area contributed by atoms with E-state index in [9.17, 15) is 0 Å². The molecule has 1 fully saturated rings. The molecule has 3 rings (SSSR count). The molecule has 1 aromatic heterocycles. The molecule has 1 saturated heterocycles. The minimum Gasteiger partial charge on any atom is -0.492 e. The molecule has 0 radical (unpaired) electrons. The lowest BCUT2D eigenvalue weighted by Gasteiger charge is -2.30. The second-order valence-electron chi connectivity index (χ2n) is 8.25. The van der Waals surface area contributed by atoms with Gasteiger partial charge in [-0.1, -0.05) is 18.2 Å². The van der Waals surface area contributed by atoms with Gasteiger partial charge in [-0.2, -0.15) is 0 Å². The average molecular weight is 428 g/mol. The maximum Gasteiger partial charge on any atom is 0.208 e. The molecule has 0 unspecified atom stereocenters. The first-order chi connectivity index (χ1) is 15.0. The monoisotopic (exact) mass is 427 g/mol. The molecular weight excluding hydrogens is 390 g/mol. The second kappa shape index (κ2) is 11.7. The van der Waals surface area contributed by atoms with Crippen LogP contribution in [-0.4, -0.2) is 67.1 Å². The van der Waals surface area contributed by atoms with E-state index in [1.807, 2.05) is 44.2 Å². The normalized spacial score (nSPS) is 15.8. The highest BCUT2D eigenvalue weighted by Crippen LogP contribution is 2.20. The van der Waals surface area contributed by atoms with Crippen LogP contribution in [0.3, 0.4) is 0 Å². The molecule has 0 aliphatic carbocycles. The van der Waals surface area contributed by atoms with Gasteiger partial charge in [-0.05, 0) is 64.8 Å². The highest BCUT2D eigenvalue weighted by molar-refractivity contribution is 5.79. The zero-order chi connectivity index (χ0) is 22.1. The summed E-state index contributed by atoms with van der Waals surface area (Å²) < 4.78 is 11.6. The molecule has 2 aromatic rings. The lowest BCUT2D eigenvalue weighted by atomic mass is 9.97. The van der Waals surface area contributed by atoms with Gasteiger partial charge in [0, 0.05) is 20.1 Å². The number of ether oxygens (including phenoxy) is 1. The van der Waals surface area contributed by atoms with E-state index >= 15 is 0 Å². The molecule has 1 aliphatic rings. The highest BCUT2D eigenvalue weighted by Gasteiger charge is 2.21. The summed E-state index contributed by atoms with van der Waals surface area (Å²) in [4.78, 5) is 14.0. The van der Waals surface area contributed by atoms with Crippen LogP contribution in [0.4, 0.5) is 0 Å². The number of aliphatic imine (C=N–C) groups is 1. The molecule has 0 saturated carbocycles. The molecule has 7 nitrogen and oxygen atoms in total. The van der Waals surface area contributed by atoms with E-state index in [-0.39, 0.29) is 0 Å². The summed E-state index contributed by atoms with van der Waals surface area (Å²) in [6.45, 7) is 12.1. The van der Waals surface area contributed by atoms with Gasteiger partial charge in [-0.25, -0.2) is 4.98 Å². The first-order valence-corrected chi connectivity index (χ1v) is 11.4. The van der Waals surface area contributed by atoms with E-state index in [1.165, 1.54) is 0 Å². The van der Waals surface area contributed by atoms with Crippen molar-refractivity contribution in [2.45, 2.75) is 40.2 Å². The molecule has 1 aromatic carbocycles. The number of rotatable bonds is 9. The first-order valence-electron chi connectivity index (χ1n) is 11.4. The Balaban J connectivity index is 1.42. The fraction of sp³-hybridized carbons (Fsp3) is 0.583. The number of aryl methyl sites for hydroxylation is 2. The topological polar surface area (TPSA) is 66.1 Å². The van der Waals surface area contributed by atoms with Crippen LogP contribution >= 0.6 is 0 Å². The minimum atomic E-state index is 0.618. The van der Waals surface area contributed by atoms with Crippen LogP contribution in [0.2, 0.25) is 0 Å². The van der Waals surface area contributed by atoms with E-state index in [1.54, 1.807) is 0 Å². The lowest BCUT2D eigenvalue weighted by Crippen LogP contribution is -2.41. The Kier molecular flexibility index (Phi) is 8.76. The van der Waals surface area contributed by atoms with Gasteiger partial charge in [-0.3, -0.25) is 9.89 Å². The Morgan fingerprint density at radius 2 is 2.00 bits per heavy atom. The molecule has 170 valence electrons. The molecule has 2 heterocycles. The average Bonchev–Trinajstić information content (AvgIpc) is 3.09. The van der Waals surface area contributed by atoms with Crippen LogP contribution in [0.5, 0.6) is 5.75 Å². The number of nitrogens with zero attached hydrogens (tertiary/aromatic N) is 4. The molecule has 1 N–H and O–H groups in total. The van der Waals surface area contributed by atoms with Gasteiger partial charge in [0.15, 0.2) is 5.96 Å². The summed E-state index contributed by atoms with van der Waals surface area (Å²) in [5.41, 5.74) is 0.994. The van der Waals surface area contributed by atoms with Crippen molar-refractivity contribution >= 4 is 5.96 Å². The minimum absolute atomic E-state index is 0.618. The van der Waals surface area contributed by atoms with Crippen molar-refractivity contribution in [1.29, 1.82) is 0 Å². The summed E-state index contributed by atoms with van der Waals surface area (Å²) in [5.74, 6) is 4.23. The number of oxazole rings is 1. The number of likely N-dealkylation sites (tertiary alicyclic amines) is 1. The molecule has 1 aliphatic heterocycles. The Morgan fingerprint density at radius 3 is 2.65 bits per heavy atom. The number of para-hydroxylation sites is 1. The van der Waals surface area contributed by atoms with Gasteiger partial charge >= 0.3 is 0 Å². The van der Waals surface area contributed by atoms with Crippen molar-refractivity contribution in [3.8, 4) is 5.75 Å². The van der Waals surface area contributed by atoms with Gasteiger partial charge in [-0.15, -0.1) is 0 Å². The number of likely N-dealkylation sites (N-methyl/N-ethyl adjacent to an activating group) is 1. The standard InChI is InChI=1S/C24H37N5O2/c1-5-25-24(28(4)15-16-30-22-9-7-6-8-10-22)26-17-21-11-13-29(14-12-21)18-23-27-19(2)20(3)31-23/h6-10,21H,5,11-18H2,1-4H3,(H,25,26). The maximum atomic E-state index is 5.83. The Hall–Kier alpha value is -2.54. The van der Waals surface area contributed by atoms with E-state index in [0.717, 1.165) is 81.2 Å². The van der Waals surface area contributed by atoms with Crippen molar-refractivity contribution in [2.75, 3.05) is 46.4 Å². The van der Waals surface area contributed by atoms with Gasteiger partial charge in [0.2, 0.25) is 5.89 Å². The second-order valence-corrected chi connectivity index (χ2v) is 8.25. The number of guanidine groups is 1. The number of nitrogens with one attached hydrogen (secondary N) is 1. The summed E-state index contributed by atoms with van der Waals surface area (Å²) in [6, 6.07) is 9.94. The van der Waals surface area contributed by atoms with E-state index in [2.05, 4.69) is 34.1 Å². The lowest BCUT2D eigenvalue weighted by molar-refractivity contribution is 0.166. The van der Waals surface area contributed by atoms with E-state index < -0.39 is 0 Å². The quantitative estimate of drug-likeness (QED) is 0.488. The Bertz CT molecular complexity index is 793. The van der Waals surface area contributed by atoms with Crippen LogP contribution in [0.1, 0.15) is 37.1 Å². The SMILES string of the molecule is CCNC(=NCC1CCN(Cc2nc(C)c(C)o2)CC1)N(C)CCOc1ccccc1. The van der Waals surface area contributed by atoms with Crippen molar-refractivity contribution in [3.05, 3.63) is 47.7 Å². The van der Waals surface area contributed by atoms with Crippen molar-refractivity contribution in [2.24, 2.45) is 10.9 Å². The van der Waals surface area contributed by atoms with Crippen molar-refractivity contribution < 1.29 is 9.15 Å². The molecular formula is C24H37N5O2. The number of hydrogen-bond donors (Lipinski definition) is 1. The predicted octanol–water partition coefficient (Wildman–Crippen LogP) is 3.48. The molecule has 0 amide bonds. The highest BCUT2D eigenvalue weighted by atomic mass is 16.5. The summed E-state index contributed by atoms with van der Waals surface area (Å²) in [7, 11) is 2.07. The maximum absolute atomic E-state index is 5.83. The Labute approximate surface area is 186 Å². The van der Waals surface area contributed by atoms with Crippen molar-refractivity contribution in [3.63, 3.8) is 0 Å². The van der Waals surface area contributed by atoms with Gasteiger partial charge in [0.25, 0.3) is 0 Å². The summed E-state index contributed by atoms with van der Waals surface area (Å²) >= 11 is 0. The fourth-order valence-electron chi connectivity index (χ4n) is 3.73. The zero-order valence-electron chi connectivity index (χ0n) is 19.4. The van der Waals surface area contributed by atoms with Gasteiger partial charge in [0.05, 0.1) is 18.8 Å². The third-order valence-electron chi connectivity index (χ3n) is 5.77. The number of benzene rings is 1. The van der Waals surface area contributed by atoms with Crippen LogP contribution < -0.4 is 10.1 Å². The first kappa shape index (κ1) is 23.1. The number of aromatic nitrogens is 1. The van der Waals surface area contributed by atoms with Crippen LogP contribution in [-0.2, 0) is 6.54 Å². The van der Waals surface area contributed by atoms with Gasteiger partial charge in [0.1, 0.15) is 18.1 Å². The molecule has 0 bridgehead atoms. The number of hydrogen-bond acceptors (Lipinski definition) is 5. The fourth-order valence-corrected chi connectivity index (χ4v) is 3.73. The third kappa shape index (κ3) is 7.28. The summed E-state index contributed by atoms with van der Waals surface area (Å²) in [5, 5.41) is 3.41. The Morgan fingerprint density at radius 1 is 1.26 bits per heavy atom. The predicted molar refractivity (Wildman–Crippen MR) is 125 cm³/mol. The van der Waals surface area contributed by atoms with E-state index in [4.69, 9.17) is 14.1 Å². The van der Waals surface area contributed by atoms with Crippen LogP contribution in [0.15, 0.2) is 39.7 Å². The zero-order valence-corrected chi connectivity index (χ0v) is 19.4. The smallest absolute Gasteiger partial charge is 0.208 e. The molecule has 31 heavy (non-hydrogen) atoms. The van der Waals surface area contributed by atoms with E-state index in [0.29, 0.717) is 12.5 Å². The van der Waals surface area contributed by atoms with Crippen molar-refractivity contribution in [1.82, 2.24) is 20.1 Å². The summed E-state index contributed by atoms with van der Waals surface area (Å²) in [6.07, 6.45) is 2.31. The van der Waals surface area contributed by atoms with Gasteiger partial charge < -0.3 is 19.4 Å². The molecule has 7 heteroatoms. The van der Waals surface area contributed by atoms with Crippen LogP contribution in [0.25, 0.3) is 0 Å². The molecule has 0 spiro atoms. The largest absolute Gasteiger partial charge is 0.492 e. The number of piperidine rings is 1.